The van der Waals surface area contributed by atoms with Crippen molar-refractivity contribution in [3.05, 3.63) is 71.3 Å². The van der Waals surface area contributed by atoms with Gasteiger partial charge in [0.05, 0.1) is 7.11 Å². The lowest BCUT2D eigenvalue weighted by molar-refractivity contribution is -0.146. The van der Waals surface area contributed by atoms with E-state index in [9.17, 15) is 4.79 Å². The molecule has 0 radical (unpaired) electrons. The van der Waals surface area contributed by atoms with Crippen LogP contribution < -0.4 is 5.73 Å². The van der Waals surface area contributed by atoms with E-state index in [1.54, 1.807) is 0 Å². The van der Waals surface area contributed by atoms with Crippen molar-refractivity contribution < 1.29 is 9.53 Å². The minimum absolute atomic E-state index is 0.285. The van der Waals surface area contributed by atoms with Gasteiger partial charge in [-0.15, -0.1) is 0 Å². The maximum Gasteiger partial charge on any atom is 0.325 e. The summed E-state index contributed by atoms with van der Waals surface area (Å²) in [4.78, 5) is 11.9. The second-order valence-electron chi connectivity index (χ2n) is 7.17. The Balaban J connectivity index is 1.53. The number of rotatable bonds is 6. The molecular weight excluding hydrogens is 310 g/mol. The third kappa shape index (κ3) is 4.29. The van der Waals surface area contributed by atoms with E-state index in [1.165, 1.54) is 23.8 Å². The van der Waals surface area contributed by atoms with E-state index in [4.69, 9.17) is 10.5 Å². The van der Waals surface area contributed by atoms with Crippen molar-refractivity contribution in [2.45, 2.75) is 50.0 Å². The smallest absolute Gasteiger partial charge is 0.325 e. The quantitative estimate of drug-likeness (QED) is 0.811. The number of benzene rings is 2. The van der Waals surface area contributed by atoms with Crippen LogP contribution in [0.3, 0.4) is 0 Å². The molecule has 0 saturated heterocycles. The van der Waals surface area contributed by atoms with Crippen molar-refractivity contribution >= 4 is 5.97 Å². The normalized spacial score (nSPS) is 22.7. The Kier molecular flexibility index (Phi) is 5.54. The van der Waals surface area contributed by atoms with E-state index in [-0.39, 0.29) is 5.97 Å². The third-order valence-corrected chi connectivity index (χ3v) is 5.37. The van der Waals surface area contributed by atoms with Gasteiger partial charge in [-0.25, -0.2) is 0 Å². The summed E-state index contributed by atoms with van der Waals surface area (Å²) in [6.07, 6.45) is 5.67. The summed E-state index contributed by atoms with van der Waals surface area (Å²) in [6, 6.07) is 19.4. The van der Waals surface area contributed by atoms with Crippen molar-refractivity contribution in [1.82, 2.24) is 0 Å². The first-order valence-corrected chi connectivity index (χ1v) is 9.11. The van der Waals surface area contributed by atoms with Crippen LogP contribution >= 0.6 is 0 Å². The largest absolute Gasteiger partial charge is 0.468 e. The molecule has 1 aliphatic rings. The van der Waals surface area contributed by atoms with E-state index < -0.39 is 5.54 Å². The predicted octanol–water partition coefficient (Wildman–Crippen LogP) is 4.00. The number of ether oxygens (including phenoxy) is 1. The van der Waals surface area contributed by atoms with Crippen LogP contribution in [-0.2, 0) is 22.4 Å². The summed E-state index contributed by atoms with van der Waals surface area (Å²) in [5, 5.41) is 0. The average molecular weight is 337 g/mol. The standard InChI is InChI=1S/C22H27NO2/c1-25-21(24)22(23)15-14-20(16-22)19-12-10-18(11-13-19)9-5-8-17-6-3-2-4-7-17/h2-4,6-7,10-13,20H,5,8-9,14-16,23H2,1H3/t20-,22+/m0/s1. The van der Waals surface area contributed by atoms with Crippen LogP contribution in [0.5, 0.6) is 0 Å². The molecule has 1 aliphatic carbocycles. The van der Waals surface area contributed by atoms with Gasteiger partial charge in [0.15, 0.2) is 0 Å². The highest BCUT2D eigenvalue weighted by Crippen LogP contribution is 2.40. The number of hydrogen-bond acceptors (Lipinski definition) is 3. The molecule has 0 aliphatic heterocycles. The molecule has 3 nitrogen and oxygen atoms in total. The van der Waals surface area contributed by atoms with Gasteiger partial charge in [0.2, 0.25) is 0 Å². The lowest BCUT2D eigenvalue weighted by Gasteiger charge is -2.20. The minimum atomic E-state index is -0.812. The third-order valence-electron chi connectivity index (χ3n) is 5.37. The molecule has 0 bridgehead atoms. The number of carbonyl (C=O) groups excluding carboxylic acids is 1. The van der Waals surface area contributed by atoms with Gasteiger partial charge in [0.25, 0.3) is 0 Å². The molecular formula is C22H27NO2. The first kappa shape index (κ1) is 17.7. The van der Waals surface area contributed by atoms with Crippen LogP contribution in [-0.4, -0.2) is 18.6 Å². The molecule has 25 heavy (non-hydrogen) atoms. The van der Waals surface area contributed by atoms with E-state index in [1.807, 2.05) is 0 Å². The molecule has 0 aromatic heterocycles. The number of methoxy groups -OCH3 is 1. The van der Waals surface area contributed by atoms with E-state index in [0.717, 1.165) is 25.7 Å². The second kappa shape index (κ2) is 7.83. The Hall–Kier alpha value is -2.13. The van der Waals surface area contributed by atoms with Gasteiger partial charge < -0.3 is 10.5 Å². The number of carbonyl (C=O) groups is 1. The van der Waals surface area contributed by atoms with Crippen molar-refractivity contribution in [1.29, 1.82) is 0 Å². The van der Waals surface area contributed by atoms with Gasteiger partial charge in [-0.3, -0.25) is 4.79 Å². The maximum atomic E-state index is 11.9. The van der Waals surface area contributed by atoms with Gasteiger partial charge in [-0.2, -0.15) is 0 Å². The summed E-state index contributed by atoms with van der Waals surface area (Å²) in [5.74, 6) is 0.0648. The highest BCUT2D eigenvalue weighted by Gasteiger charge is 2.43. The summed E-state index contributed by atoms with van der Waals surface area (Å²) in [6.45, 7) is 0. The molecule has 2 aromatic carbocycles. The molecule has 2 atom stereocenters. The molecule has 1 saturated carbocycles. The fourth-order valence-electron chi connectivity index (χ4n) is 3.85. The SMILES string of the molecule is COC(=O)[C@@]1(N)CC[C@H](c2ccc(CCCc3ccccc3)cc2)C1. The number of nitrogens with two attached hydrogens (primary N) is 1. The molecule has 1 fully saturated rings. The second-order valence-corrected chi connectivity index (χ2v) is 7.17. The maximum absolute atomic E-state index is 11.9. The Bertz CT molecular complexity index is 696. The summed E-state index contributed by atoms with van der Waals surface area (Å²) >= 11 is 0. The van der Waals surface area contributed by atoms with Gasteiger partial charge in [-0.05, 0) is 61.1 Å². The average Bonchev–Trinajstić information content (AvgIpc) is 3.06. The van der Waals surface area contributed by atoms with E-state index in [2.05, 4.69) is 54.6 Å². The fraction of sp³-hybridized carbons (Fsp3) is 0.409. The highest BCUT2D eigenvalue weighted by molar-refractivity contribution is 5.81. The zero-order valence-corrected chi connectivity index (χ0v) is 14.9. The molecule has 2 N–H and O–H groups in total. The van der Waals surface area contributed by atoms with Crippen LogP contribution in [0.25, 0.3) is 0 Å². The summed E-state index contributed by atoms with van der Waals surface area (Å²) in [5.41, 5.74) is 9.45. The van der Waals surface area contributed by atoms with Gasteiger partial charge in [0.1, 0.15) is 5.54 Å². The first-order valence-electron chi connectivity index (χ1n) is 9.11. The van der Waals surface area contributed by atoms with Crippen molar-refractivity contribution in [3.8, 4) is 0 Å². The molecule has 132 valence electrons. The Morgan fingerprint density at radius 3 is 2.36 bits per heavy atom. The number of hydrogen-bond donors (Lipinski definition) is 1. The zero-order valence-electron chi connectivity index (χ0n) is 14.9. The predicted molar refractivity (Wildman–Crippen MR) is 100 cm³/mol. The van der Waals surface area contributed by atoms with Crippen LogP contribution in [0.4, 0.5) is 0 Å². The first-order chi connectivity index (χ1) is 12.1. The summed E-state index contributed by atoms with van der Waals surface area (Å²) in [7, 11) is 1.41. The lowest BCUT2D eigenvalue weighted by atomic mass is 9.92. The van der Waals surface area contributed by atoms with Crippen LogP contribution in [0.15, 0.2) is 54.6 Å². The molecule has 3 rings (SSSR count). The topological polar surface area (TPSA) is 52.3 Å². The zero-order chi connectivity index (χ0) is 17.7. The van der Waals surface area contributed by atoms with Gasteiger partial charge in [-0.1, -0.05) is 54.6 Å². The van der Waals surface area contributed by atoms with Crippen LogP contribution in [0, 0.1) is 0 Å². The molecule has 0 amide bonds. The van der Waals surface area contributed by atoms with Crippen LogP contribution in [0.2, 0.25) is 0 Å². The van der Waals surface area contributed by atoms with E-state index >= 15 is 0 Å². The van der Waals surface area contributed by atoms with Gasteiger partial charge in [0, 0.05) is 0 Å². The van der Waals surface area contributed by atoms with E-state index in [0.29, 0.717) is 18.8 Å². The summed E-state index contributed by atoms with van der Waals surface area (Å²) < 4.78 is 4.86. The molecule has 0 heterocycles. The monoisotopic (exact) mass is 337 g/mol. The highest BCUT2D eigenvalue weighted by atomic mass is 16.5. The molecule has 0 spiro atoms. The molecule has 3 heteroatoms. The fourth-order valence-corrected chi connectivity index (χ4v) is 3.85. The Labute approximate surface area is 150 Å². The number of esters is 1. The van der Waals surface area contributed by atoms with Crippen molar-refractivity contribution in [3.63, 3.8) is 0 Å². The lowest BCUT2D eigenvalue weighted by Crippen LogP contribution is -2.46. The van der Waals surface area contributed by atoms with Crippen molar-refractivity contribution in [2.24, 2.45) is 5.73 Å². The van der Waals surface area contributed by atoms with Gasteiger partial charge >= 0.3 is 5.97 Å². The van der Waals surface area contributed by atoms with Crippen molar-refractivity contribution in [2.75, 3.05) is 7.11 Å². The number of aryl methyl sites for hydroxylation is 2. The Morgan fingerprint density at radius 2 is 1.72 bits per heavy atom. The minimum Gasteiger partial charge on any atom is -0.468 e. The molecule has 2 aromatic rings. The van der Waals surface area contributed by atoms with Crippen LogP contribution in [0.1, 0.15) is 48.3 Å². The molecule has 0 unspecified atom stereocenters. The Morgan fingerprint density at radius 1 is 1.08 bits per heavy atom.